The second-order valence-electron chi connectivity index (χ2n) is 4.59. The molecule has 18 heavy (non-hydrogen) atoms. The number of aromatic amines is 1. The molecule has 1 saturated heterocycles. The molecule has 5 nitrogen and oxygen atoms in total. The van der Waals surface area contributed by atoms with Gasteiger partial charge in [0.25, 0.3) is 5.56 Å². The molecule has 1 aliphatic rings. The van der Waals surface area contributed by atoms with Crippen LogP contribution in [0.2, 0.25) is 0 Å². The van der Waals surface area contributed by atoms with Gasteiger partial charge in [0.15, 0.2) is 0 Å². The topological polar surface area (TPSA) is 58.2 Å². The summed E-state index contributed by atoms with van der Waals surface area (Å²) in [6.45, 7) is 2.33. The zero-order valence-electron chi connectivity index (χ0n) is 10.2. The van der Waals surface area contributed by atoms with Crippen LogP contribution in [0, 0.1) is 0 Å². The van der Waals surface area contributed by atoms with Gasteiger partial charge in [0, 0.05) is 13.1 Å². The van der Waals surface area contributed by atoms with Gasteiger partial charge in [-0.2, -0.15) is 0 Å². The van der Waals surface area contributed by atoms with Crippen LogP contribution in [0.3, 0.4) is 0 Å². The summed E-state index contributed by atoms with van der Waals surface area (Å²) in [5, 5.41) is 0.616. The zero-order valence-corrected chi connectivity index (χ0v) is 10.2. The van der Waals surface area contributed by atoms with Crippen LogP contribution < -0.4 is 5.56 Å². The van der Waals surface area contributed by atoms with Gasteiger partial charge in [0.2, 0.25) is 0 Å². The summed E-state index contributed by atoms with van der Waals surface area (Å²) in [6, 6.07) is 7.34. The Morgan fingerprint density at radius 1 is 1.44 bits per heavy atom. The molecule has 5 heteroatoms. The van der Waals surface area contributed by atoms with Crippen molar-refractivity contribution in [1.82, 2.24) is 14.9 Å². The maximum Gasteiger partial charge on any atom is 0.258 e. The maximum absolute atomic E-state index is 12.0. The predicted molar refractivity (Wildman–Crippen MR) is 68.6 cm³/mol. The van der Waals surface area contributed by atoms with E-state index in [1.54, 1.807) is 6.07 Å². The van der Waals surface area contributed by atoms with Crippen molar-refractivity contribution in [1.29, 1.82) is 0 Å². The summed E-state index contributed by atoms with van der Waals surface area (Å²) in [5.74, 6) is 0.616. The van der Waals surface area contributed by atoms with Crippen LogP contribution in [0.15, 0.2) is 29.1 Å². The molecule has 2 aromatic rings. The highest BCUT2D eigenvalue weighted by atomic mass is 16.5. The van der Waals surface area contributed by atoms with E-state index < -0.39 is 0 Å². The second-order valence-corrected chi connectivity index (χ2v) is 4.59. The summed E-state index contributed by atoms with van der Waals surface area (Å²) in [7, 11) is 2.04. The highest BCUT2D eigenvalue weighted by molar-refractivity contribution is 5.77. The molecule has 0 aliphatic carbocycles. The average Bonchev–Trinajstić information content (AvgIpc) is 2.39. The quantitative estimate of drug-likeness (QED) is 0.812. The van der Waals surface area contributed by atoms with E-state index in [1.165, 1.54) is 0 Å². The van der Waals surface area contributed by atoms with Crippen molar-refractivity contribution < 1.29 is 4.74 Å². The lowest BCUT2D eigenvalue weighted by atomic mass is 10.2. The third-order valence-corrected chi connectivity index (χ3v) is 3.21. The number of rotatable bonds is 1. The summed E-state index contributed by atoms with van der Waals surface area (Å²) in [6.07, 6.45) is -0.152. The maximum atomic E-state index is 12.0. The number of benzene rings is 1. The number of para-hydroxylation sites is 1. The number of nitrogens with one attached hydrogen (secondary N) is 1. The van der Waals surface area contributed by atoms with Crippen LogP contribution in [0.1, 0.15) is 11.9 Å². The normalized spacial score (nSPS) is 21.3. The Hall–Kier alpha value is -1.72. The van der Waals surface area contributed by atoms with E-state index in [0.717, 1.165) is 13.1 Å². The van der Waals surface area contributed by atoms with Crippen molar-refractivity contribution >= 4 is 10.9 Å². The second kappa shape index (κ2) is 4.51. The summed E-state index contributed by atoms with van der Waals surface area (Å²) in [4.78, 5) is 21.4. The lowest BCUT2D eigenvalue weighted by Gasteiger charge is -2.29. The van der Waals surface area contributed by atoms with E-state index in [1.807, 2.05) is 25.2 Å². The van der Waals surface area contributed by atoms with Crippen LogP contribution in [0.5, 0.6) is 0 Å². The number of H-pyrrole nitrogens is 1. The Morgan fingerprint density at radius 2 is 2.28 bits per heavy atom. The average molecular weight is 245 g/mol. The molecular weight excluding hydrogens is 230 g/mol. The molecule has 1 aromatic carbocycles. The molecule has 0 bridgehead atoms. The standard InChI is InChI=1S/C13H15N3O2/c1-16-6-7-18-11(8-16)12-14-10-5-3-2-4-9(10)13(17)15-12/h2-5,11H,6-8H2,1H3,(H,14,15,17). The molecule has 1 atom stereocenters. The van der Waals surface area contributed by atoms with Crippen LogP contribution in [0.25, 0.3) is 10.9 Å². The van der Waals surface area contributed by atoms with E-state index in [4.69, 9.17) is 4.74 Å². The smallest absolute Gasteiger partial charge is 0.258 e. The van der Waals surface area contributed by atoms with Gasteiger partial charge < -0.3 is 14.6 Å². The first-order chi connectivity index (χ1) is 8.74. The number of hydrogen-bond donors (Lipinski definition) is 1. The van der Waals surface area contributed by atoms with Crippen molar-refractivity contribution in [3.05, 3.63) is 40.4 Å². The first-order valence-corrected chi connectivity index (χ1v) is 6.03. The summed E-state index contributed by atoms with van der Waals surface area (Å²) >= 11 is 0. The van der Waals surface area contributed by atoms with E-state index in [9.17, 15) is 4.79 Å². The lowest BCUT2D eigenvalue weighted by molar-refractivity contribution is -0.0254. The third kappa shape index (κ3) is 2.02. The first-order valence-electron chi connectivity index (χ1n) is 6.03. The molecule has 1 N–H and O–H groups in total. The third-order valence-electron chi connectivity index (χ3n) is 3.21. The summed E-state index contributed by atoms with van der Waals surface area (Å²) in [5.41, 5.74) is 0.612. The van der Waals surface area contributed by atoms with Gasteiger partial charge in [-0.15, -0.1) is 0 Å². The van der Waals surface area contributed by atoms with Gasteiger partial charge in [-0.1, -0.05) is 12.1 Å². The Kier molecular flexibility index (Phi) is 2.85. The van der Waals surface area contributed by atoms with E-state index in [-0.39, 0.29) is 11.7 Å². The fourth-order valence-electron chi connectivity index (χ4n) is 2.20. The van der Waals surface area contributed by atoms with Crippen LogP contribution >= 0.6 is 0 Å². The minimum absolute atomic E-state index is 0.104. The molecule has 0 saturated carbocycles. The molecule has 2 heterocycles. The number of hydrogen-bond acceptors (Lipinski definition) is 4. The molecular formula is C13H15N3O2. The molecule has 0 radical (unpaired) electrons. The van der Waals surface area contributed by atoms with Crippen LogP contribution in [-0.4, -0.2) is 41.6 Å². The van der Waals surface area contributed by atoms with Crippen molar-refractivity contribution in [2.24, 2.45) is 0 Å². The Morgan fingerprint density at radius 3 is 3.11 bits per heavy atom. The number of morpholine rings is 1. The van der Waals surface area contributed by atoms with Gasteiger partial charge >= 0.3 is 0 Å². The molecule has 1 fully saturated rings. The van der Waals surface area contributed by atoms with Crippen molar-refractivity contribution in [2.75, 3.05) is 26.7 Å². The van der Waals surface area contributed by atoms with Crippen molar-refractivity contribution in [3.63, 3.8) is 0 Å². The number of ether oxygens (including phenoxy) is 1. The number of aromatic nitrogens is 2. The van der Waals surface area contributed by atoms with E-state index in [2.05, 4.69) is 14.9 Å². The molecule has 0 amide bonds. The SMILES string of the molecule is CN1CCOC(c2nc3ccccc3c(=O)[nH]2)C1. The fourth-order valence-corrected chi connectivity index (χ4v) is 2.20. The fraction of sp³-hybridized carbons (Fsp3) is 0.385. The Balaban J connectivity index is 2.04. The van der Waals surface area contributed by atoms with Gasteiger partial charge in [-0.25, -0.2) is 4.98 Å². The van der Waals surface area contributed by atoms with Crippen LogP contribution in [0.4, 0.5) is 0 Å². The van der Waals surface area contributed by atoms with Gasteiger partial charge in [0.05, 0.1) is 17.5 Å². The highest BCUT2D eigenvalue weighted by Gasteiger charge is 2.22. The predicted octanol–water partition coefficient (Wildman–Crippen LogP) is 0.926. The Labute approximate surface area is 104 Å². The van der Waals surface area contributed by atoms with Gasteiger partial charge in [-0.05, 0) is 19.2 Å². The molecule has 1 unspecified atom stereocenters. The van der Waals surface area contributed by atoms with E-state index in [0.29, 0.717) is 23.3 Å². The molecule has 3 rings (SSSR count). The minimum atomic E-state index is -0.152. The first kappa shape index (κ1) is 11.4. The number of likely N-dealkylation sites (N-methyl/N-ethyl adjacent to an activating group) is 1. The minimum Gasteiger partial charge on any atom is -0.368 e. The van der Waals surface area contributed by atoms with Crippen molar-refractivity contribution in [3.8, 4) is 0 Å². The molecule has 1 aliphatic heterocycles. The zero-order chi connectivity index (χ0) is 12.5. The molecule has 1 aromatic heterocycles. The lowest BCUT2D eigenvalue weighted by Crippen LogP contribution is -2.36. The molecule has 94 valence electrons. The summed E-state index contributed by atoms with van der Waals surface area (Å²) < 4.78 is 5.66. The van der Waals surface area contributed by atoms with Crippen LogP contribution in [-0.2, 0) is 4.74 Å². The van der Waals surface area contributed by atoms with Gasteiger partial charge in [-0.3, -0.25) is 4.79 Å². The monoisotopic (exact) mass is 245 g/mol. The molecule has 0 spiro atoms. The van der Waals surface area contributed by atoms with Gasteiger partial charge in [0.1, 0.15) is 11.9 Å². The largest absolute Gasteiger partial charge is 0.368 e. The number of nitrogens with zero attached hydrogens (tertiary/aromatic N) is 2. The Bertz CT molecular complexity index is 623. The highest BCUT2D eigenvalue weighted by Crippen LogP contribution is 2.18. The number of fused-ring (bicyclic) bond motifs is 1. The van der Waals surface area contributed by atoms with E-state index >= 15 is 0 Å². The van der Waals surface area contributed by atoms with Crippen molar-refractivity contribution in [2.45, 2.75) is 6.10 Å².